The van der Waals surface area contributed by atoms with Crippen LogP contribution in [0.25, 0.3) is 0 Å². The van der Waals surface area contributed by atoms with E-state index in [2.05, 4.69) is 55.3 Å². The van der Waals surface area contributed by atoms with Gasteiger partial charge in [-0.3, -0.25) is 4.90 Å². The van der Waals surface area contributed by atoms with Crippen LogP contribution in [0.2, 0.25) is 0 Å². The number of benzene rings is 1. The summed E-state index contributed by atoms with van der Waals surface area (Å²) in [7, 11) is 0. The Balaban J connectivity index is 1.70. The molecule has 0 amide bonds. The third kappa shape index (κ3) is 5.80. The Bertz CT molecular complexity index is 391. The lowest BCUT2D eigenvalue weighted by Crippen LogP contribution is -2.42. The minimum Gasteiger partial charge on any atom is -0.311 e. The van der Waals surface area contributed by atoms with E-state index in [1.54, 1.807) is 0 Å². The minimum atomic E-state index is 0.658. The second-order valence-corrected chi connectivity index (χ2v) is 6.99. The molecule has 1 atom stereocenters. The van der Waals surface area contributed by atoms with Gasteiger partial charge in [0.15, 0.2) is 0 Å². The van der Waals surface area contributed by atoms with Gasteiger partial charge in [0.1, 0.15) is 0 Å². The van der Waals surface area contributed by atoms with Gasteiger partial charge in [-0.1, -0.05) is 44.5 Å². The number of hydrogen-bond donors (Lipinski definition) is 1. The van der Waals surface area contributed by atoms with Crippen LogP contribution in [0.1, 0.15) is 51.2 Å². The van der Waals surface area contributed by atoms with Crippen molar-refractivity contribution in [2.45, 2.75) is 59.0 Å². The van der Waals surface area contributed by atoms with E-state index < -0.39 is 0 Å². The van der Waals surface area contributed by atoms with E-state index in [0.717, 1.165) is 19.0 Å². The van der Waals surface area contributed by atoms with Crippen LogP contribution in [-0.4, -0.2) is 30.6 Å². The topological polar surface area (TPSA) is 15.3 Å². The van der Waals surface area contributed by atoms with E-state index in [1.165, 1.54) is 49.9 Å². The normalized spacial score (nSPS) is 18.1. The number of nitrogens with zero attached hydrogens (tertiary/aromatic N) is 1. The first-order valence-corrected chi connectivity index (χ1v) is 8.67. The Kier molecular flexibility index (Phi) is 6.72. The van der Waals surface area contributed by atoms with Crippen LogP contribution in [0.4, 0.5) is 0 Å². The van der Waals surface area contributed by atoms with E-state index in [0.29, 0.717) is 6.04 Å². The van der Waals surface area contributed by atoms with Gasteiger partial charge in [0.25, 0.3) is 0 Å². The first-order valence-electron chi connectivity index (χ1n) is 8.67. The molecule has 21 heavy (non-hydrogen) atoms. The maximum absolute atomic E-state index is 3.62. The third-order valence-electron chi connectivity index (χ3n) is 4.45. The van der Waals surface area contributed by atoms with Crippen LogP contribution in [0.3, 0.4) is 0 Å². The van der Waals surface area contributed by atoms with E-state index in [1.807, 2.05) is 0 Å². The molecule has 118 valence electrons. The molecular weight excluding hydrogens is 256 g/mol. The maximum Gasteiger partial charge on any atom is 0.0206 e. The summed E-state index contributed by atoms with van der Waals surface area (Å²) in [5.74, 6) is 0.736. The summed E-state index contributed by atoms with van der Waals surface area (Å²) in [4.78, 5) is 2.63. The second-order valence-electron chi connectivity index (χ2n) is 6.99. The molecule has 1 heterocycles. The summed E-state index contributed by atoms with van der Waals surface area (Å²) in [6.07, 6.45) is 5.35. The Hall–Kier alpha value is -0.860. The molecule has 0 aliphatic carbocycles. The third-order valence-corrected chi connectivity index (χ3v) is 4.45. The van der Waals surface area contributed by atoms with Crippen molar-refractivity contribution in [2.75, 3.05) is 19.6 Å². The largest absolute Gasteiger partial charge is 0.311 e. The number of hydrogen-bond acceptors (Lipinski definition) is 2. The highest BCUT2D eigenvalue weighted by Crippen LogP contribution is 2.12. The molecule has 1 aliphatic rings. The first-order chi connectivity index (χ1) is 10.1. The van der Waals surface area contributed by atoms with Crippen LogP contribution >= 0.6 is 0 Å². The van der Waals surface area contributed by atoms with Gasteiger partial charge >= 0.3 is 0 Å². The SMILES string of the molecule is CC(C)Cc1ccc(CNCC(C)N2CCCCC2)cc1. The fraction of sp³-hybridized carbons (Fsp3) is 0.684. The van der Waals surface area contributed by atoms with E-state index >= 15 is 0 Å². The van der Waals surface area contributed by atoms with Crippen molar-refractivity contribution in [3.8, 4) is 0 Å². The zero-order valence-electron chi connectivity index (χ0n) is 14.1. The first kappa shape index (κ1) is 16.5. The summed E-state index contributed by atoms with van der Waals surface area (Å²) < 4.78 is 0. The molecule has 2 heteroatoms. The summed E-state index contributed by atoms with van der Waals surface area (Å²) in [5, 5.41) is 3.62. The van der Waals surface area contributed by atoms with E-state index in [4.69, 9.17) is 0 Å². The highest BCUT2D eigenvalue weighted by atomic mass is 15.2. The van der Waals surface area contributed by atoms with Gasteiger partial charge in [0.05, 0.1) is 0 Å². The van der Waals surface area contributed by atoms with Gasteiger partial charge in [-0.15, -0.1) is 0 Å². The summed E-state index contributed by atoms with van der Waals surface area (Å²) >= 11 is 0. The van der Waals surface area contributed by atoms with E-state index in [-0.39, 0.29) is 0 Å². The Labute approximate surface area is 130 Å². The highest BCUT2D eigenvalue weighted by molar-refractivity contribution is 5.22. The van der Waals surface area contributed by atoms with Crippen molar-refractivity contribution in [3.05, 3.63) is 35.4 Å². The molecule has 0 radical (unpaired) electrons. The number of nitrogens with one attached hydrogen (secondary N) is 1. The van der Waals surface area contributed by atoms with Crippen molar-refractivity contribution in [2.24, 2.45) is 5.92 Å². The van der Waals surface area contributed by atoms with Gasteiger partial charge in [0, 0.05) is 19.1 Å². The molecule has 1 aliphatic heterocycles. The van der Waals surface area contributed by atoms with E-state index in [9.17, 15) is 0 Å². The molecule has 0 spiro atoms. The lowest BCUT2D eigenvalue weighted by Gasteiger charge is -2.32. The summed E-state index contributed by atoms with van der Waals surface area (Å²) in [5.41, 5.74) is 2.85. The van der Waals surface area contributed by atoms with Crippen LogP contribution in [0.5, 0.6) is 0 Å². The van der Waals surface area contributed by atoms with Crippen molar-refractivity contribution < 1.29 is 0 Å². The van der Waals surface area contributed by atoms with Crippen molar-refractivity contribution in [1.29, 1.82) is 0 Å². The lowest BCUT2D eigenvalue weighted by molar-refractivity contribution is 0.170. The Morgan fingerprint density at radius 3 is 2.19 bits per heavy atom. The van der Waals surface area contributed by atoms with Crippen molar-refractivity contribution in [3.63, 3.8) is 0 Å². The zero-order chi connectivity index (χ0) is 15.1. The van der Waals surface area contributed by atoms with Crippen molar-refractivity contribution in [1.82, 2.24) is 10.2 Å². The minimum absolute atomic E-state index is 0.658. The van der Waals surface area contributed by atoms with Gasteiger partial charge in [-0.2, -0.15) is 0 Å². The molecule has 1 N–H and O–H groups in total. The number of likely N-dealkylation sites (tertiary alicyclic amines) is 1. The lowest BCUT2D eigenvalue weighted by atomic mass is 10.0. The van der Waals surface area contributed by atoms with Gasteiger partial charge in [0.2, 0.25) is 0 Å². The maximum atomic E-state index is 3.62. The molecule has 2 nitrogen and oxygen atoms in total. The molecule has 1 fully saturated rings. The van der Waals surface area contributed by atoms with Crippen LogP contribution in [0, 0.1) is 5.92 Å². The quantitative estimate of drug-likeness (QED) is 0.820. The molecule has 1 aromatic rings. The fourth-order valence-electron chi connectivity index (χ4n) is 3.18. The second kappa shape index (κ2) is 8.55. The predicted octanol–water partition coefficient (Wildman–Crippen LogP) is 3.85. The molecular formula is C19H32N2. The molecule has 0 saturated carbocycles. The number of piperidine rings is 1. The van der Waals surface area contributed by atoms with Crippen molar-refractivity contribution >= 4 is 0 Å². The average Bonchev–Trinajstić information content (AvgIpc) is 2.49. The Morgan fingerprint density at radius 1 is 0.952 bits per heavy atom. The average molecular weight is 288 g/mol. The van der Waals surface area contributed by atoms with Gasteiger partial charge in [-0.25, -0.2) is 0 Å². The smallest absolute Gasteiger partial charge is 0.0206 e. The predicted molar refractivity (Wildman–Crippen MR) is 91.6 cm³/mol. The van der Waals surface area contributed by atoms with Crippen LogP contribution in [0.15, 0.2) is 24.3 Å². The standard InChI is InChI=1S/C19H32N2/c1-16(2)13-18-7-9-19(10-8-18)15-20-14-17(3)21-11-5-4-6-12-21/h7-10,16-17,20H,4-6,11-15H2,1-3H3. The van der Waals surface area contributed by atoms with Crippen LogP contribution in [-0.2, 0) is 13.0 Å². The summed E-state index contributed by atoms with van der Waals surface area (Å²) in [6.45, 7) is 11.5. The monoisotopic (exact) mass is 288 g/mol. The zero-order valence-corrected chi connectivity index (χ0v) is 14.1. The van der Waals surface area contributed by atoms with Crippen LogP contribution < -0.4 is 5.32 Å². The fourth-order valence-corrected chi connectivity index (χ4v) is 3.18. The molecule has 0 aromatic heterocycles. The van der Waals surface area contributed by atoms with Gasteiger partial charge < -0.3 is 5.32 Å². The van der Waals surface area contributed by atoms with Gasteiger partial charge in [-0.05, 0) is 56.3 Å². The molecule has 1 aromatic carbocycles. The Morgan fingerprint density at radius 2 is 1.57 bits per heavy atom. The molecule has 1 saturated heterocycles. The summed E-state index contributed by atoms with van der Waals surface area (Å²) in [6, 6.07) is 9.77. The molecule has 2 rings (SSSR count). The highest BCUT2D eigenvalue weighted by Gasteiger charge is 2.15. The molecule has 1 unspecified atom stereocenters. The molecule has 0 bridgehead atoms. The number of rotatable bonds is 7.